The lowest BCUT2D eigenvalue weighted by molar-refractivity contribution is 0.647. The van der Waals surface area contributed by atoms with Crippen LogP contribution in [0.3, 0.4) is 0 Å². The number of aryl methyl sites for hydroxylation is 1. The van der Waals surface area contributed by atoms with E-state index in [2.05, 4.69) is 37.1 Å². The maximum atomic E-state index is 5.78. The van der Waals surface area contributed by atoms with Crippen LogP contribution in [-0.2, 0) is 13.0 Å². The number of hydrogen-bond acceptors (Lipinski definition) is 3. The van der Waals surface area contributed by atoms with Crippen LogP contribution in [0.15, 0.2) is 42.0 Å². The van der Waals surface area contributed by atoms with Crippen LogP contribution in [0.2, 0.25) is 5.15 Å². The van der Waals surface area contributed by atoms with Crippen molar-refractivity contribution in [1.29, 1.82) is 0 Å². The average molecular weight is 335 g/mol. The van der Waals surface area contributed by atoms with E-state index in [9.17, 15) is 0 Å². The lowest BCUT2D eigenvalue weighted by Crippen LogP contribution is -2.38. The van der Waals surface area contributed by atoms with Gasteiger partial charge in [0.1, 0.15) is 5.15 Å². The summed E-state index contributed by atoms with van der Waals surface area (Å²) in [6.45, 7) is 5.41. The number of aromatic nitrogens is 3. The molecule has 0 aliphatic heterocycles. The highest BCUT2D eigenvalue weighted by Gasteiger charge is 1.99. The van der Waals surface area contributed by atoms with Crippen LogP contribution in [-0.4, -0.2) is 40.1 Å². The van der Waals surface area contributed by atoms with Crippen molar-refractivity contribution in [2.45, 2.75) is 26.3 Å². The molecule has 0 fully saturated rings. The Morgan fingerprint density at radius 3 is 2.96 bits per heavy atom. The molecule has 6 nitrogen and oxygen atoms in total. The molecular formula is C16H23ClN6. The number of aliphatic imine (C=N–C) groups is 1. The third-order valence-corrected chi connectivity index (χ3v) is 3.47. The summed E-state index contributed by atoms with van der Waals surface area (Å²) >= 11 is 5.78. The number of imidazole rings is 1. The summed E-state index contributed by atoms with van der Waals surface area (Å²) in [5, 5.41) is 7.11. The molecule has 23 heavy (non-hydrogen) atoms. The fraction of sp³-hybridized carbons (Fsp3) is 0.438. The molecule has 0 aromatic carbocycles. The molecule has 0 aliphatic carbocycles. The van der Waals surface area contributed by atoms with Gasteiger partial charge >= 0.3 is 0 Å². The summed E-state index contributed by atoms with van der Waals surface area (Å²) in [7, 11) is 0. The van der Waals surface area contributed by atoms with Gasteiger partial charge < -0.3 is 15.2 Å². The Kier molecular flexibility index (Phi) is 7.39. The second-order valence-electron chi connectivity index (χ2n) is 5.08. The number of halogens is 1. The van der Waals surface area contributed by atoms with Crippen molar-refractivity contribution in [3.8, 4) is 0 Å². The zero-order valence-corrected chi connectivity index (χ0v) is 14.1. The standard InChI is InChI=1S/C16H23ClN6/c1-2-19-16(20-7-3-10-23-11-9-18-13-23)21-8-6-14-4-5-15(17)22-12-14/h4-5,9,11-13H,2-3,6-8,10H2,1H3,(H2,19,20,21). The van der Waals surface area contributed by atoms with Crippen LogP contribution in [0.25, 0.3) is 0 Å². The Hall–Kier alpha value is -2.08. The van der Waals surface area contributed by atoms with Gasteiger partial charge in [0.2, 0.25) is 0 Å². The molecule has 0 saturated carbocycles. The van der Waals surface area contributed by atoms with Crippen molar-refractivity contribution in [2.24, 2.45) is 4.99 Å². The number of pyridine rings is 1. The molecule has 2 aromatic heterocycles. The largest absolute Gasteiger partial charge is 0.357 e. The molecule has 124 valence electrons. The molecule has 2 rings (SSSR count). The first-order valence-electron chi connectivity index (χ1n) is 7.86. The quantitative estimate of drug-likeness (QED) is 0.336. The lowest BCUT2D eigenvalue weighted by atomic mass is 10.2. The third kappa shape index (κ3) is 6.69. The highest BCUT2D eigenvalue weighted by Crippen LogP contribution is 2.05. The maximum absolute atomic E-state index is 5.78. The van der Waals surface area contributed by atoms with Gasteiger partial charge in [0, 0.05) is 44.8 Å². The molecule has 0 radical (unpaired) electrons. The smallest absolute Gasteiger partial charge is 0.191 e. The minimum Gasteiger partial charge on any atom is -0.357 e. The van der Waals surface area contributed by atoms with Gasteiger partial charge in [0.05, 0.1) is 6.33 Å². The van der Waals surface area contributed by atoms with Crippen molar-refractivity contribution >= 4 is 17.6 Å². The topological polar surface area (TPSA) is 67.1 Å². The van der Waals surface area contributed by atoms with E-state index in [0.29, 0.717) is 5.15 Å². The summed E-state index contributed by atoms with van der Waals surface area (Å²) in [5.41, 5.74) is 1.15. The zero-order chi connectivity index (χ0) is 16.3. The molecule has 7 heteroatoms. The van der Waals surface area contributed by atoms with E-state index >= 15 is 0 Å². The summed E-state index contributed by atoms with van der Waals surface area (Å²) in [5.74, 6) is 0.847. The molecule has 0 bridgehead atoms. The summed E-state index contributed by atoms with van der Waals surface area (Å²) in [4.78, 5) is 12.7. The molecule has 2 aromatic rings. The van der Waals surface area contributed by atoms with E-state index in [1.165, 1.54) is 0 Å². The van der Waals surface area contributed by atoms with E-state index < -0.39 is 0 Å². The number of nitrogens with one attached hydrogen (secondary N) is 2. The molecule has 2 N–H and O–H groups in total. The Balaban J connectivity index is 1.71. The normalized spacial score (nSPS) is 11.5. The monoisotopic (exact) mass is 334 g/mol. The Bertz CT molecular complexity index is 579. The summed E-state index contributed by atoms with van der Waals surface area (Å²) in [6.07, 6.45) is 9.25. The lowest BCUT2D eigenvalue weighted by Gasteiger charge is -2.11. The average Bonchev–Trinajstić information content (AvgIpc) is 3.07. The van der Waals surface area contributed by atoms with Crippen LogP contribution in [0.1, 0.15) is 18.9 Å². The number of rotatable bonds is 8. The predicted octanol–water partition coefficient (Wildman–Crippen LogP) is 2.12. The van der Waals surface area contributed by atoms with Gasteiger partial charge in [-0.05, 0) is 31.4 Å². The molecule has 0 unspecified atom stereocenters. The number of guanidine groups is 1. The molecule has 0 atom stereocenters. The number of nitrogens with zero attached hydrogens (tertiary/aromatic N) is 4. The molecule has 2 heterocycles. The Labute approximate surface area is 142 Å². The molecule has 0 spiro atoms. The fourth-order valence-corrected chi connectivity index (χ4v) is 2.20. The first-order chi connectivity index (χ1) is 11.3. The third-order valence-electron chi connectivity index (χ3n) is 3.24. The molecule has 0 aliphatic rings. The van der Waals surface area contributed by atoms with Crippen LogP contribution >= 0.6 is 11.6 Å². The van der Waals surface area contributed by atoms with Gasteiger partial charge in [0.25, 0.3) is 0 Å². The first-order valence-corrected chi connectivity index (χ1v) is 8.24. The van der Waals surface area contributed by atoms with E-state index in [1.807, 2.05) is 24.7 Å². The van der Waals surface area contributed by atoms with Crippen molar-refractivity contribution in [3.05, 3.63) is 47.8 Å². The van der Waals surface area contributed by atoms with E-state index in [-0.39, 0.29) is 0 Å². The first kappa shape index (κ1) is 17.3. The van der Waals surface area contributed by atoms with Crippen molar-refractivity contribution in [1.82, 2.24) is 25.2 Å². The van der Waals surface area contributed by atoms with Gasteiger partial charge in [-0.3, -0.25) is 4.99 Å². The zero-order valence-electron chi connectivity index (χ0n) is 13.4. The van der Waals surface area contributed by atoms with Crippen LogP contribution in [0.5, 0.6) is 0 Å². The van der Waals surface area contributed by atoms with Gasteiger partial charge in [-0.2, -0.15) is 0 Å². The predicted molar refractivity (Wildman–Crippen MR) is 93.8 cm³/mol. The van der Waals surface area contributed by atoms with E-state index in [1.54, 1.807) is 12.4 Å². The van der Waals surface area contributed by atoms with Crippen LogP contribution < -0.4 is 10.6 Å². The van der Waals surface area contributed by atoms with Gasteiger partial charge in [0.15, 0.2) is 5.96 Å². The minimum atomic E-state index is 0.523. The SMILES string of the molecule is CCNC(=NCCCn1ccnc1)NCCc1ccc(Cl)nc1. The second kappa shape index (κ2) is 9.84. The van der Waals surface area contributed by atoms with Gasteiger partial charge in [-0.1, -0.05) is 17.7 Å². The summed E-state index contributed by atoms with van der Waals surface area (Å²) < 4.78 is 2.06. The van der Waals surface area contributed by atoms with Gasteiger partial charge in [-0.25, -0.2) is 9.97 Å². The summed E-state index contributed by atoms with van der Waals surface area (Å²) in [6, 6.07) is 3.80. The van der Waals surface area contributed by atoms with E-state index in [4.69, 9.17) is 11.6 Å². The van der Waals surface area contributed by atoms with E-state index in [0.717, 1.165) is 50.5 Å². The van der Waals surface area contributed by atoms with Crippen molar-refractivity contribution in [3.63, 3.8) is 0 Å². The van der Waals surface area contributed by atoms with Crippen molar-refractivity contribution < 1.29 is 0 Å². The maximum Gasteiger partial charge on any atom is 0.191 e. The minimum absolute atomic E-state index is 0.523. The Morgan fingerprint density at radius 2 is 2.26 bits per heavy atom. The van der Waals surface area contributed by atoms with Gasteiger partial charge in [-0.15, -0.1) is 0 Å². The molecule has 0 amide bonds. The molecular weight excluding hydrogens is 312 g/mol. The second-order valence-corrected chi connectivity index (χ2v) is 5.47. The van der Waals surface area contributed by atoms with Crippen molar-refractivity contribution in [2.75, 3.05) is 19.6 Å². The molecule has 0 saturated heterocycles. The highest BCUT2D eigenvalue weighted by molar-refractivity contribution is 6.29. The highest BCUT2D eigenvalue weighted by atomic mass is 35.5. The van der Waals surface area contributed by atoms with Crippen LogP contribution in [0.4, 0.5) is 0 Å². The Morgan fingerprint density at radius 1 is 1.35 bits per heavy atom. The fourth-order valence-electron chi connectivity index (χ4n) is 2.08. The number of hydrogen-bond donors (Lipinski definition) is 2. The van der Waals surface area contributed by atoms with Crippen LogP contribution in [0, 0.1) is 0 Å².